The maximum absolute atomic E-state index is 12.4. The first-order chi connectivity index (χ1) is 30.7. The molecule has 0 saturated carbocycles. The number of allylic oxidation sites excluding steroid dienone is 2. The minimum Gasteiger partial charge on any atom is -0.410 e. The van der Waals surface area contributed by atoms with Gasteiger partial charge in [0.15, 0.2) is 5.88 Å². The molecule has 368 valence electrons. The number of nitrogens with zero attached hydrogens (tertiary/aromatic N) is 6. The SMILES string of the molecule is C=C(CCC(O)CN1CC1C)NCCCCCCN=C(OC(=C)N(C)CCCCCCNC(=O)CCC(C)CN1CC1C)N(C=O)CCCCCCNC(=C)CCC(O)CN1CC1C. The van der Waals surface area contributed by atoms with Crippen molar-refractivity contribution in [2.75, 3.05) is 85.6 Å². The van der Waals surface area contributed by atoms with E-state index < -0.39 is 0 Å². The fourth-order valence-electron chi connectivity index (χ4n) is 7.97. The molecule has 3 rings (SSSR count). The van der Waals surface area contributed by atoms with Crippen LogP contribution in [-0.2, 0) is 14.3 Å². The molecule has 0 radical (unpaired) electrons. The van der Waals surface area contributed by atoms with E-state index in [1.54, 1.807) is 4.90 Å². The van der Waals surface area contributed by atoms with Crippen LogP contribution in [0.1, 0.15) is 143 Å². The predicted octanol–water partition coefficient (Wildman–Crippen LogP) is 6.04. The molecule has 9 unspecified atom stereocenters. The van der Waals surface area contributed by atoms with Crippen LogP contribution in [0.3, 0.4) is 0 Å². The van der Waals surface area contributed by atoms with Crippen molar-refractivity contribution in [3.05, 3.63) is 37.0 Å². The highest BCUT2D eigenvalue weighted by atomic mass is 16.5. The van der Waals surface area contributed by atoms with E-state index in [0.717, 1.165) is 186 Å². The summed E-state index contributed by atoms with van der Waals surface area (Å²) in [5.41, 5.74) is 1.96. The third-order valence-electron chi connectivity index (χ3n) is 13.0. The molecule has 0 aliphatic carbocycles. The summed E-state index contributed by atoms with van der Waals surface area (Å²) in [5.74, 6) is 1.18. The molecule has 64 heavy (non-hydrogen) atoms. The number of aliphatic imine (C=N–C) groups is 1. The third-order valence-corrected chi connectivity index (χ3v) is 13.0. The number of aliphatic hydroxyl groups is 2. The Balaban J connectivity index is 1.32. The number of hydrogen-bond acceptors (Lipinski definition) is 12. The number of hydrogen-bond donors (Lipinski definition) is 5. The van der Waals surface area contributed by atoms with Crippen molar-refractivity contribution in [3.63, 3.8) is 0 Å². The molecule has 5 N–H and O–H groups in total. The van der Waals surface area contributed by atoms with Crippen molar-refractivity contribution < 1.29 is 24.5 Å². The molecule has 3 saturated heterocycles. The Kier molecular flexibility index (Phi) is 27.3. The molecule has 3 aliphatic rings. The summed E-state index contributed by atoms with van der Waals surface area (Å²) < 4.78 is 6.23. The molecule has 3 heterocycles. The van der Waals surface area contributed by atoms with Gasteiger partial charge in [-0.05, 0) is 104 Å². The summed E-state index contributed by atoms with van der Waals surface area (Å²) in [7, 11) is 1.96. The number of carbonyl (C=O) groups is 2. The number of rotatable bonds is 41. The zero-order chi connectivity index (χ0) is 46.7. The zero-order valence-corrected chi connectivity index (χ0v) is 41.2. The Bertz CT molecular complexity index is 1400. The molecule has 2 amide bonds. The van der Waals surface area contributed by atoms with Crippen LogP contribution < -0.4 is 16.0 Å². The van der Waals surface area contributed by atoms with Crippen molar-refractivity contribution in [3.8, 4) is 0 Å². The maximum Gasteiger partial charge on any atom is 0.300 e. The van der Waals surface area contributed by atoms with E-state index in [9.17, 15) is 19.8 Å². The van der Waals surface area contributed by atoms with Gasteiger partial charge in [-0.3, -0.25) is 29.2 Å². The van der Waals surface area contributed by atoms with Gasteiger partial charge in [0.25, 0.3) is 0 Å². The Morgan fingerprint density at radius 2 is 1.14 bits per heavy atom. The summed E-state index contributed by atoms with van der Waals surface area (Å²) >= 11 is 0. The van der Waals surface area contributed by atoms with Gasteiger partial charge in [-0.2, -0.15) is 0 Å². The average Bonchev–Trinajstić information content (AvgIpc) is 4.23. The normalized spacial score (nSPS) is 22.5. The van der Waals surface area contributed by atoms with Crippen molar-refractivity contribution in [1.29, 1.82) is 0 Å². The Morgan fingerprint density at radius 1 is 0.688 bits per heavy atom. The van der Waals surface area contributed by atoms with Crippen LogP contribution in [-0.4, -0.2) is 169 Å². The van der Waals surface area contributed by atoms with Crippen LogP contribution in [0.4, 0.5) is 0 Å². The number of amides is 2. The molecule has 0 aromatic heterocycles. The lowest BCUT2D eigenvalue weighted by Gasteiger charge is -2.25. The number of β-amino-alcohol motifs (C(OH)–C–C–N with tert-alkyl or cyclic N) is 2. The second kappa shape index (κ2) is 31.7. The van der Waals surface area contributed by atoms with Crippen LogP contribution in [0, 0.1) is 5.92 Å². The standard InChI is InChI=1S/C50H93N9O5/c1-40(33-57-34-43(57)4)21-26-49(63)53-29-17-11-13-19-31-55(8)46(7)64-50(54-30-18-10-9-15-27-51-41(2)22-24-47(61)37-58-35-44(58)5)56(39-60)32-20-14-12-16-28-52-42(3)23-25-48(62)38-59-36-45(59)6/h39-40,43-45,47-48,51-52,61-62H,2-3,7,9-38H2,1,4-6,8H3,(H,53,63). The fourth-order valence-corrected chi connectivity index (χ4v) is 7.97. The van der Waals surface area contributed by atoms with Gasteiger partial charge in [0, 0.05) is 122 Å². The van der Waals surface area contributed by atoms with Gasteiger partial charge >= 0.3 is 6.02 Å². The quantitative estimate of drug-likeness (QED) is 0.0122. The summed E-state index contributed by atoms with van der Waals surface area (Å²) in [6.07, 6.45) is 16.6. The third kappa shape index (κ3) is 26.1. The van der Waals surface area contributed by atoms with Gasteiger partial charge in [0.05, 0.1) is 12.2 Å². The van der Waals surface area contributed by atoms with Gasteiger partial charge < -0.3 is 35.8 Å². The highest BCUT2D eigenvalue weighted by Crippen LogP contribution is 2.21. The topological polar surface area (TPSA) is 148 Å². The Hall–Kier alpha value is -3.17. The predicted molar refractivity (Wildman–Crippen MR) is 263 cm³/mol. The minimum absolute atomic E-state index is 0.159. The average molecular weight is 900 g/mol. The van der Waals surface area contributed by atoms with Gasteiger partial charge in [-0.1, -0.05) is 58.6 Å². The minimum atomic E-state index is -0.305. The van der Waals surface area contributed by atoms with E-state index in [2.05, 4.69) is 78.1 Å². The number of amidine groups is 1. The molecular weight excluding hydrogens is 807 g/mol. The Morgan fingerprint density at radius 3 is 1.64 bits per heavy atom. The van der Waals surface area contributed by atoms with Gasteiger partial charge in [-0.15, -0.1) is 0 Å². The first kappa shape index (κ1) is 55.2. The van der Waals surface area contributed by atoms with Crippen molar-refractivity contribution in [1.82, 2.24) is 40.4 Å². The number of carbonyl (C=O) groups excluding carboxylic acids is 2. The highest BCUT2D eigenvalue weighted by Gasteiger charge is 2.31. The monoisotopic (exact) mass is 900 g/mol. The lowest BCUT2D eigenvalue weighted by atomic mass is 10.1. The van der Waals surface area contributed by atoms with E-state index in [0.29, 0.717) is 55.5 Å². The lowest BCUT2D eigenvalue weighted by Crippen LogP contribution is -2.35. The van der Waals surface area contributed by atoms with Gasteiger partial charge in [-0.25, -0.2) is 4.99 Å². The summed E-state index contributed by atoms with van der Waals surface area (Å²) in [6, 6.07) is 2.23. The molecule has 3 aliphatic heterocycles. The molecule has 0 aromatic carbocycles. The molecule has 0 aromatic rings. The Labute approximate surface area is 389 Å². The zero-order valence-electron chi connectivity index (χ0n) is 41.2. The lowest BCUT2D eigenvalue weighted by molar-refractivity contribution is -0.121. The van der Waals surface area contributed by atoms with Crippen LogP contribution in [0.5, 0.6) is 0 Å². The molecule has 0 spiro atoms. The van der Waals surface area contributed by atoms with Crippen molar-refractivity contribution >= 4 is 18.3 Å². The van der Waals surface area contributed by atoms with Crippen molar-refractivity contribution in [2.45, 2.75) is 174 Å². The number of aliphatic hydroxyl groups excluding tert-OH is 2. The van der Waals surface area contributed by atoms with Crippen molar-refractivity contribution in [2.24, 2.45) is 10.9 Å². The molecule has 0 bridgehead atoms. The molecule has 14 nitrogen and oxygen atoms in total. The maximum atomic E-state index is 12.4. The highest BCUT2D eigenvalue weighted by molar-refractivity contribution is 5.85. The first-order valence-corrected chi connectivity index (χ1v) is 25.3. The summed E-state index contributed by atoms with van der Waals surface area (Å²) in [4.78, 5) is 40.1. The van der Waals surface area contributed by atoms with E-state index in [1.165, 1.54) is 6.54 Å². The second-order valence-electron chi connectivity index (χ2n) is 19.5. The molecule has 14 heteroatoms. The fraction of sp³-hybridized carbons (Fsp3) is 0.820. The summed E-state index contributed by atoms with van der Waals surface area (Å²) in [5, 5.41) is 30.5. The van der Waals surface area contributed by atoms with Crippen LogP contribution in [0.25, 0.3) is 0 Å². The van der Waals surface area contributed by atoms with Gasteiger partial charge in [0.2, 0.25) is 12.3 Å². The van der Waals surface area contributed by atoms with Gasteiger partial charge in [0.1, 0.15) is 0 Å². The van der Waals surface area contributed by atoms with Crippen LogP contribution in [0.2, 0.25) is 0 Å². The number of ether oxygens (including phenoxy) is 1. The first-order valence-electron chi connectivity index (χ1n) is 25.3. The number of nitrogens with one attached hydrogen (secondary N) is 3. The number of unbranched alkanes of at least 4 members (excludes halogenated alkanes) is 9. The van der Waals surface area contributed by atoms with E-state index in [-0.39, 0.29) is 18.1 Å². The van der Waals surface area contributed by atoms with E-state index in [1.807, 2.05) is 11.9 Å². The van der Waals surface area contributed by atoms with Crippen LogP contribution >= 0.6 is 0 Å². The molecule has 3 fully saturated rings. The molecular formula is C50H93N9O5. The van der Waals surface area contributed by atoms with E-state index >= 15 is 0 Å². The molecule has 9 atom stereocenters. The van der Waals surface area contributed by atoms with E-state index in [4.69, 9.17) is 9.73 Å². The second-order valence-corrected chi connectivity index (χ2v) is 19.5. The smallest absolute Gasteiger partial charge is 0.300 e. The summed E-state index contributed by atoms with van der Waals surface area (Å²) in [6.45, 7) is 31.6. The largest absolute Gasteiger partial charge is 0.410 e. The van der Waals surface area contributed by atoms with Crippen LogP contribution in [0.15, 0.2) is 42.0 Å².